The summed E-state index contributed by atoms with van der Waals surface area (Å²) >= 11 is 0. The number of hydrogen-bond donors (Lipinski definition) is 1. The maximum Gasteiger partial charge on any atom is 0.316 e. The molecule has 1 rings (SSSR count). The molecule has 82 valence electrons. The highest BCUT2D eigenvalue weighted by Crippen LogP contribution is 2.01. The molecule has 0 spiro atoms. The van der Waals surface area contributed by atoms with Gasteiger partial charge in [0, 0.05) is 33.7 Å². The Balaban J connectivity index is 2.20. The lowest BCUT2D eigenvalue weighted by atomic mass is 10.3. The molecule has 0 saturated carbocycles. The summed E-state index contributed by atoms with van der Waals surface area (Å²) in [5.41, 5.74) is 0. The Bertz CT molecular complexity index is 196. The highest BCUT2D eigenvalue weighted by Gasteiger charge is 2.18. The van der Waals surface area contributed by atoms with Crippen LogP contribution in [0.4, 0.5) is 4.79 Å². The fourth-order valence-electron chi connectivity index (χ4n) is 1.35. The molecule has 1 N–H and O–H groups in total. The Hall–Kier alpha value is -0.810. The number of nitrogens with zero attached hydrogens (tertiary/aromatic N) is 2. The summed E-state index contributed by atoms with van der Waals surface area (Å²) in [5.74, 6) is 0. The van der Waals surface area contributed by atoms with Crippen LogP contribution in [0.2, 0.25) is 0 Å². The molecule has 1 aliphatic heterocycles. The van der Waals surface area contributed by atoms with Crippen molar-refractivity contribution in [3.8, 4) is 0 Å². The minimum atomic E-state index is -0.0678. The first-order valence-electron chi connectivity index (χ1n) is 4.85. The predicted octanol–water partition coefficient (Wildman–Crippen LogP) is -0.412. The first-order chi connectivity index (χ1) is 6.59. The molecule has 1 unspecified atom stereocenters. The van der Waals surface area contributed by atoms with Crippen molar-refractivity contribution in [2.75, 3.05) is 47.4 Å². The van der Waals surface area contributed by atoms with E-state index in [1.54, 1.807) is 14.1 Å². The molecule has 0 aromatic heterocycles. The minimum absolute atomic E-state index is 0.0678. The van der Waals surface area contributed by atoms with Gasteiger partial charge < -0.3 is 19.9 Å². The third-order valence-corrected chi connectivity index (χ3v) is 2.23. The summed E-state index contributed by atoms with van der Waals surface area (Å²) in [6.45, 7) is 3.19. The fourth-order valence-corrected chi connectivity index (χ4v) is 1.35. The number of carbonyl (C=O) groups excluding carboxylic acids is 1. The van der Waals surface area contributed by atoms with Crippen LogP contribution in [0.3, 0.4) is 0 Å². The van der Waals surface area contributed by atoms with Crippen LogP contribution in [0.25, 0.3) is 0 Å². The quantitative estimate of drug-likeness (QED) is 0.660. The van der Waals surface area contributed by atoms with Gasteiger partial charge >= 0.3 is 6.03 Å². The molecule has 0 radical (unpaired) electrons. The molecule has 5 nitrogen and oxygen atoms in total. The second kappa shape index (κ2) is 5.17. The van der Waals surface area contributed by atoms with Gasteiger partial charge in [-0.3, -0.25) is 0 Å². The van der Waals surface area contributed by atoms with Gasteiger partial charge in [-0.2, -0.15) is 0 Å². The van der Waals surface area contributed by atoms with Gasteiger partial charge in [0.05, 0.1) is 12.7 Å². The number of nitrogens with one attached hydrogen (secondary N) is 1. The van der Waals surface area contributed by atoms with E-state index in [9.17, 15) is 4.79 Å². The molecular weight excluding hydrogens is 182 g/mol. The number of ether oxygens (including phenoxy) is 1. The van der Waals surface area contributed by atoms with E-state index in [1.807, 2.05) is 0 Å². The molecule has 1 aliphatic rings. The van der Waals surface area contributed by atoms with Crippen LogP contribution in [0.5, 0.6) is 0 Å². The van der Waals surface area contributed by atoms with E-state index in [2.05, 4.69) is 17.3 Å². The van der Waals surface area contributed by atoms with Crippen molar-refractivity contribution in [1.82, 2.24) is 15.1 Å². The smallest absolute Gasteiger partial charge is 0.316 e. The van der Waals surface area contributed by atoms with Crippen molar-refractivity contribution < 1.29 is 9.53 Å². The van der Waals surface area contributed by atoms with Crippen molar-refractivity contribution in [3.63, 3.8) is 0 Å². The van der Waals surface area contributed by atoms with Crippen molar-refractivity contribution >= 4 is 6.03 Å². The maximum absolute atomic E-state index is 11.2. The van der Waals surface area contributed by atoms with Crippen molar-refractivity contribution in [1.29, 1.82) is 0 Å². The molecular formula is C9H19N3O2. The average molecular weight is 201 g/mol. The van der Waals surface area contributed by atoms with Crippen LogP contribution in [0.1, 0.15) is 0 Å². The molecule has 1 fully saturated rings. The lowest BCUT2D eigenvalue weighted by molar-refractivity contribution is -0.0170. The summed E-state index contributed by atoms with van der Waals surface area (Å²) in [6.07, 6.45) is 0.123. The number of urea groups is 1. The Morgan fingerprint density at radius 1 is 1.64 bits per heavy atom. The van der Waals surface area contributed by atoms with Gasteiger partial charge in [0.2, 0.25) is 0 Å². The van der Waals surface area contributed by atoms with Crippen LogP contribution >= 0.6 is 0 Å². The van der Waals surface area contributed by atoms with Crippen LogP contribution in [0.15, 0.2) is 0 Å². The van der Waals surface area contributed by atoms with Crippen LogP contribution < -0.4 is 5.32 Å². The number of likely N-dealkylation sites (N-methyl/N-ethyl adjacent to an activating group) is 1. The second-order valence-electron chi connectivity index (χ2n) is 3.84. The molecule has 1 atom stereocenters. The predicted molar refractivity (Wildman–Crippen MR) is 54.3 cm³/mol. The van der Waals surface area contributed by atoms with Crippen molar-refractivity contribution in [2.45, 2.75) is 6.10 Å². The van der Waals surface area contributed by atoms with Gasteiger partial charge in [0.25, 0.3) is 0 Å². The van der Waals surface area contributed by atoms with Gasteiger partial charge in [-0.15, -0.1) is 0 Å². The van der Waals surface area contributed by atoms with E-state index >= 15 is 0 Å². The molecule has 2 amide bonds. The fraction of sp³-hybridized carbons (Fsp3) is 0.889. The highest BCUT2D eigenvalue weighted by molar-refractivity contribution is 5.73. The number of carbonyl (C=O) groups is 1. The summed E-state index contributed by atoms with van der Waals surface area (Å²) in [5, 5.41) is 2.81. The van der Waals surface area contributed by atoms with E-state index in [-0.39, 0.29) is 12.1 Å². The minimum Gasteiger partial charge on any atom is -0.374 e. The molecule has 1 saturated heterocycles. The summed E-state index contributed by atoms with van der Waals surface area (Å²) in [7, 11) is 5.51. The largest absolute Gasteiger partial charge is 0.374 e. The highest BCUT2D eigenvalue weighted by atomic mass is 16.5. The topological polar surface area (TPSA) is 44.8 Å². The Labute approximate surface area is 85.0 Å². The zero-order chi connectivity index (χ0) is 10.6. The van der Waals surface area contributed by atoms with Gasteiger partial charge in [-0.25, -0.2) is 4.79 Å². The molecule has 14 heavy (non-hydrogen) atoms. The van der Waals surface area contributed by atoms with Crippen LogP contribution in [-0.4, -0.2) is 69.3 Å². The van der Waals surface area contributed by atoms with Crippen LogP contribution in [-0.2, 0) is 4.74 Å². The van der Waals surface area contributed by atoms with E-state index in [0.717, 1.165) is 19.7 Å². The summed E-state index contributed by atoms with van der Waals surface area (Å²) < 4.78 is 5.50. The first-order valence-corrected chi connectivity index (χ1v) is 4.85. The molecule has 0 aliphatic carbocycles. The first kappa shape index (κ1) is 11.3. The standard InChI is InChI=1S/C9H19N3O2/c1-11(2)9(13)10-6-8-7-12(3)4-5-14-8/h8H,4-7H2,1-3H3,(H,10,13). The second-order valence-corrected chi connectivity index (χ2v) is 3.84. The number of rotatable bonds is 2. The van der Waals surface area contributed by atoms with Crippen molar-refractivity contribution in [2.24, 2.45) is 0 Å². The molecule has 0 bridgehead atoms. The molecule has 1 heterocycles. The van der Waals surface area contributed by atoms with E-state index in [1.165, 1.54) is 4.90 Å². The molecule has 0 aromatic carbocycles. The van der Waals surface area contributed by atoms with Gasteiger partial charge in [0.1, 0.15) is 0 Å². The van der Waals surface area contributed by atoms with E-state index < -0.39 is 0 Å². The number of amides is 2. The van der Waals surface area contributed by atoms with E-state index in [4.69, 9.17) is 4.74 Å². The number of hydrogen-bond acceptors (Lipinski definition) is 3. The zero-order valence-electron chi connectivity index (χ0n) is 9.12. The third-order valence-electron chi connectivity index (χ3n) is 2.23. The van der Waals surface area contributed by atoms with Crippen molar-refractivity contribution in [3.05, 3.63) is 0 Å². The van der Waals surface area contributed by atoms with Gasteiger partial charge in [0.15, 0.2) is 0 Å². The Morgan fingerprint density at radius 3 is 2.93 bits per heavy atom. The lowest BCUT2D eigenvalue weighted by Crippen LogP contribution is -2.47. The van der Waals surface area contributed by atoms with Crippen LogP contribution in [0, 0.1) is 0 Å². The summed E-state index contributed by atoms with van der Waals surface area (Å²) in [4.78, 5) is 14.9. The zero-order valence-corrected chi connectivity index (χ0v) is 9.12. The Morgan fingerprint density at radius 2 is 2.36 bits per heavy atom. The summed E-state index contributed by atoms with van der Waals surface area (Å²) in [6, 6.07) is -0.0678. The Kier molecular flexibility index (Phi) is 4.16. The monoisotopic (exact) mass is 201 g/mol. The maximum atomic E-state index is 11.2. The number of morpholine rings is 1. The lowest BCUT2D eigenvalue weighted by Gasteiger charge is -2.30. The SMILES string of the molecule is CN1CCOC(CNC(=O)N(C)C)C1. The third kappa shape index (κ3) is 3.51. The average Bonchev–Trinajstić information content (AvgIpc) is 2.14. The normalized spacial score (nSPS) is 23.2. The van der Waals surface area contributed by atoms with E-state index in [0.29, 0.717) is 6.54 Å². The van der Waals surface area contributed by atoms with Gasteiger partial charge in [-0.05, 0) is 7.05 Å². The van der Waals surface area contributed by atoms with Gasteiger partial charge in [-0.1, -0.05) is 0 Å². The molecule has 0 aromatic rings. The molecule has 5 heteroatoms.